The number of aromatic nitrogens is 1. The molecular formula is C8H9N2O. The molecule has 0 unspecified atom stereocenters. The Morgan fingerprint density at radius 2 is 2.27 bits per heavy atom. The molecule has 0 atom stereocenters. The quantitative estimate of drug-likeness (QED) is 0.614. The standard InChI is InChI=1S/C8H9N2O/c1-2-5-10(4-1)7-8-9-3-6-11-8/h1-2,4-5,7H,3,6H2. The number of hydrogen-bond donors (Lipinski definition) is 0. The highest BCUT2D eigenvalue weighted by atomic mass is 16.5. The molecule has 57 valence electrons. The van der Waals surface area contributed by atoms with Crippen LogP contribution in [0.5, 0.6) is 0 Å². The Labute approximate surface area is 65.3 Å². The zero-order valence-corrected chi connectivity index (χ0v) is 6.10. The zero-order valence-electron chi connectivity index (χ0n) is 6.10. The van der Waals surface area contributed by atoms with Gasteiger partial charge in [-0.25, -0.2) is 0 Å². The first-order valence-electron chi connectivity index (χ1n) is 3.60. The molecule has 0 bridgehead atoms. The van der Waals surface area contributed by atoms with Crippen LogP contribution in [0.15, 0.2) is 29.5 Å². The second-order valence-corrected chi connectivity index (χ2v) is 2.33. The summed E-state index contributed by atoms with van der Waals surface area (Å²) in [6.07, 6.45) is 3.90. The highest BCUT2D eigenvalue weighted by molar-refractivity contribution is 5.85. The van der Waals surface area contributed by atoms with E-state index in [0.29, 0.717) is 6.61 Å². The second kappa shape index (κ2) is 2.78. The molecule has 2 rings (SSSR count). The van der Waals surface area contributed by atoms with Gasteiger partial charge in [0.2, 0.25) is 5.90 Å². The Hall–Kier alpha value is -1.25. The van der Waals surface area contributed by atoms with Crippen LogP contribution in [-0.4, -0.2) is 23.6 Å². The molecule has 0 aromatic carbocycles. The summed E-state index contributed by atoms with van der Waals surface area (Å²) in [7, 11) is 0. The average molecular weight is 149 g/mol. The predicted molar refractivity (Wildman–Crippen MR) is 42.4 cm³/mol. The highest BCUT2D eigenvalue weighted by Gasteiger charge is 2.06. The normalized spacial score (nSPS) is 16.2. The van der Waals surface area contributed by atoms with Gasteiger partial charge in [-0.3, -0.25) is 4.99 Å². The maximum absolute atomic E-state index is 5.20. The van der Waals surface area contributed by atoms with Gasteiger partial charge >= 0.3 is 0 Å². The van der Waals surface area contributed by atoms with Gasteiger partial charge in [-0.1, -0.05) is 0 Å². The van der Waals surface area contributed by atoms with Crippen LogP contribution in [0.4, 0.5) is 0 Å². The zero-order chi connectivity index (χ0) is 7.52. The number of nitrogens with zero attached hydrogens (tertiary/aromatic N) is 2. The summed E-state index contributed by atoms with van der Waals surface area (Å²) in [5.41, 5.74) is 0. The summed E-state index contributed by atoms with van der Waals surface area (Å²) in [6.45, 7) is 3.37. The topological polar surface area (TPSA) is 26.5 Å². The van der Waals surface area contributed by atoms with E-state index >= 15 is 0 Å². The van der Waals surface area contributed by atoms with E-state index in [1.165, 1.54) is 0 Å². The first-order valence-corrected chi connectivity index (χ1v) is 3.60. The minimum atomic E-state index is 0.715. The van der Waals surface area contributed by atoms with Gasteiger partial charge in [0, 0.05) is 12.4 Å². The van der Waals surface area contributed by atoms with Crippen LogP contribution in [0, 0.1) is 6.54 Å². The van der Waals surface area contributed by atoms with Crippen molar-refractivity contribution in [2.24, 2.45) is 4.99 Å². The van der Waals surface area contributed by atoms with Crippen LogP contribution in [0.2, 0.25) is 0 Å². The van der Waals surface area contributed by atoms with E-state index in [2.05, 4.69) is 4.99 Å². The molecule has 2 heterocycles. The molecule has 1 aliphatic rings. The number of hydrogen-bond acceptors (Lipinski definition) is 2. The first kappa shape index (κ1) is 6.46. The van der Waals surface area contributed by atoms with Crippen molar-refractivity contribution in [3.63, 3.8) is 0 Å². The second-order valence-electron chi connectivity index (χ2n) is 2.33. The third-order valence-electron chi connectivity index (χ3n) is 1.50. The van der Waals surface area contributed by atoms with Gasteiger partial charge in [-0.05, 0) is 12.1 Å². The van der Waals surface area contributed by atoms with E-state index in [0.717, 1.165) is 12.4 Å². The predicted octanol–water partition coefficient (Wildman–Crippen LogP) is 0.927. The lowest BCUT2D eigenvalue weighted by atomic mass is 10.6. The summed E-state index contributed by atoms with van der Waals surface area (Å²) in [5.74, 6) is 0.723. The molecule has 0 saturated heterocycles. The van der Waals surface area contributed by atoms with Crippen molar-refractivity contribution < 1.29 is 4.74 Å². The van der Waals surface area contributed by atoms with E-state index in [9.17, 15) is 0 Å². The van der Waals surface area contributed by atoms with Gasteiger partial charge in [0.15, 0.2) is 0 Å². The van der Waals surface area contributed by atoms with Crippen molar-refractivity contribution in [3.8, 4) is 0 Å². The highest BCUT2D eigenvalue weighted by Crippen LogP contribution is 2.00. The number of rotatable bonds is 2. The molecule has 11 heavy (non-hydrogen) atoms. The summed E-state index contributed by atoms with van der Waals surface area (Å²) in [6, 6.07) is 3.93. The molecule has 3 heteroatoms. The summed E-state index contributed by atoms with van der Waals surface area (Å²) < 4.78 is 7.12. The third-order valence-corrected chi connectivity index (χ3v) is 1.50. The van der Waals surface area contributed by atoms with Gasteiger partial charge in [-0.2, -0.15) is 0 Å². The van der Waals surface area contributed by atoms with Crippen molar-refractivity contribution in [2.45, 2.75) is 0 Å². The molecule has 0 amide bonds. The monoisotopic (exact) mass is 149 g/mol. The molecular weight excluding hydrogens is 140 g/mol. The number of aliphatic imine (C=N–C) groups is 1. The Bertz CT molecular complexity index is 251. The van der Waals surface area contributed by atoms with Gasteiger partial charge in [0.1, 0.15) is 13.2 Å². The molecule has 1 aromatic heterocycles. The molecule has 1 aliphatic heterocycles. The first-order chi connectivity index (χ1) is 5.45. The van der Waals surface area contributed by atoms with Gasteiger partial charge < -0.3 is 9.30 Å². The van der Waals surface area contributed by atoms with Crippen LogP contribution in [0.1, 0.15) is 0 Å². The SMILES string of the molecule is [CH](C1=NCCO1)n1cccc1. The lowest BCUT2D eigenvalue weighted by molar-refractivity contribution is 0.345. The van der Waals surface area contributed by atoms with Crippen molar-refractivity contribution in [3.05, 3.63) is 31.1 Å². The molecule has 0 saturated carbocycles. The Kier molecular flexibility index (Phi) is 1.63. The van der Waals surface area contributed by atoms with Crippen molar-refractivity contribution >= 4 is 5.90 Å². The Morgan fingerprint density at radius 1 is 1.45 bits per heavy atom. The lowest BCUT2D eigenvalue weighted by Gasteiger charge is -2.00. The van der Waals surface area contributed by atoms with Gasteiger partial charge in [0.05, 0.1) is 6.54 Å². The van der Waals surface area contributed by atoms with Crippen molar-refractivity contribution in [1.82, 2.24) is 4.57 Å². The third kappa shape index (κ3) is 1.42. The fourth-order valence-electron chi connectivity index (χ4n) is 0.991. The maximum Gasteiger partial charge on any atom is 0.209 e. The Morgan fingerprint density at radius 3 is 2.91 bits per heavy atom. The summed E-state index contributed by atoms with van der Waals surface area (Å²) in [4.78, 5) is 4.13. The van der Waals surface area contributed by atoms with Crippen LogP contribution in [0.3, 0.4) is 0 Å². The van der Waals surface area contributed by atoms with Crippen LogP contribution in [-0.2, 0) is 4.74 Å². The molecule has 1 radical (unpaired) electrons. The molecule has 0 fully saturated rings. The largest absolute Gasteiger partial charge is 0.477 e. The van der Waals surface area contributed by atoms with E-state index in [1.54, 1.807) is 0 Å². The number of ether oxygens (including phenoxy) is 1. The molecule has 3 nitrogen and oxygen atoms in total. The van der Waals surface area contributed by atoms with Crippen molar-refractivity contribution in [1.29, 1.82) is 0 Å². The van der Waals surface area contributed by atoms with Crippen molar-refractivity contribution in [2.75, 3.05) is 13.2 Å². The minimum Gasteiger partial charge on any atom is -0.477 e. The van der Waals surface area contributed by atoms with Gasteiger partial charge in [-0.15, -0.1) is 0 Å². The van der Waals surface area contributed by atoms with Crippen LogP contribution in [0.25, 0.3) is 0 Å². The van der Waals surface area contributed by atoms with Crippen LogP contribution < -0.4 is 0 Å². The average Bonchev–Trinajstić information content (AvgIpc) is 2.60. The fourth-order valence-corrected chi connectivity index (χ4v) is 0.991. The van der Waals surface area contributed by atoms with E-state index in [-0.39, 0.29) is 0 Å². The molecule has 0 aliphatic carbocycles. The van der Waals surface area contributed by atoms with Gasteiger partial charge in [0.25, 0.3) is 0 Å². The Balaban J connectivity index is 2.00. The lowest BCUT2D eigenvalue weighted by Crippen LogP contribution is -2.05. The fraction of sp³-hybridized carbons (Fsp3) is 0.250. The smallest absolute Gasteiger partial charge is 0.209 e. The van der Waals surface area contributed by atoms with Crippen LogP contribution >= 0.6 is 0 Å². The summed E-state index contributed by atoms with van der Waals surface area (Å²) in [5, 5.41) is 0. The maximum atomic E-state index is 5.20. The minimum absolute atomic E-state index is 0.715. The molecule has 0 N–H and O–H groups in total. The van der Waals surface area contributed by atoms with E-state index in [1.807, 2.05) is 35.6 Å². The molecule has 1 aromatic rings. The van der Waals surface area contributed by atoms with E-state index in [4.69, 9.17) is 4.74 Å². The van der Waals surface area contributed by atoms with E-state index < -0.39 is 0 Å². The molecule has 0 spiro atoms. The summed E-state index contributed by atoms with van der Waals surface area (Å²) >= 11 is 0.